The van der Waals surface area contributed by atoms with Gasteiger partial charge in [-0.2, -0.15) is 0 Å². The summed E-state index contributed by atoms with van der Waals surface area (Å²) in [6.45, 7) is 6.63. The van der Waals surface area contributed by atoms with E-state index in [0.29, 0.717) is 19.3 Å². The third-order valence-electron chi connectivity index (χ3n) is 14.4. The van der Waals surface area contributed by atoms with Crippen molar-refractivity contribution in [3.05, 3.63) is 72.9 Å². The molecule has 0 aromatic rings. The lowest BCUT2D eigenvalue weighted by atomic mass is 10.0. The summed E-state index contributed by atoms with van der Waals surface area (Å²) >= 11 is 0. The van der Waals surface area contributed by atoms with E-state index in [4.69, 9.17) is 14.2 Å². The standard InChI is InChI=1S/C70H124O6/c1-4-7-10-13-16-19-22-24-26-28-30-32-34-35-37-38-40-42-44-46-48-51-54-57-60-63-69(72)75-66-67(65-74-68(71)62-59-56-53-50-21-18-15-12-9-6-3)76-70(73)64-61-58-55-52-49-47-45-43-41-39-36-33-31-29-27-25-23-20-17-14-11-8-5-2/h22-25,28-31,34-36,39,67H,4-21,26-27,32-33,37-38,40-66H2,1-3H3/b24-22-,25-23-,30-28-,31-29-,35-34-,39-36-. The first-order valence-corrected chi connectivity index (χ1v) is 32.9. The van der Waals surface area contributed by atoms with Gasteiger partial charge in [-0.3, -0.25) is 14.4 Å². The molecule has 0 aromatic carbocycles. The second kappa shape index (κ2) is 64.4. The van der Waals surface area contributed by atoms with Crippen molar-refractivity contribution < 1.29 is 28.6 Å². The van der Waals surface area contributed by atoms with Gasteiger partial charge < -0.3 is 14.2 Å². The van der Waals surface area contributed by atoms with Crippen LogP contribution >= 0.6 is 0 Å². The molecule has 0 heterocycles. The van der Waals surface area contributed by atoms with Gasteiger partial charge in [-0.15, -0.1) is 0 Å². The number of ether oxygens (including phenoxy) is 3. The predicted octanol–water partition coefficient (Wildman–Crippen LogP) is 22.5. The quantitative estimate of drug-likeness (QED) is 0.0261. The average Bonchev–Trinajstić information content (AvgIpc) is 3.42. The van der Waals surface area contributed by atoms with Crippen LogP contribution in [0.1, 0.15) is 335 Å². The molecule has 0 aliphatic rings. The molecule has 0 aliphatic carbocycles. The summed E-state index contributed by atoms with van der Waals surface area (Å²) in [6.07, 6.45) is 83.4. The van der Waals surface area contributed by atoms with Crippen molar-refractivity contribution in [1.82, 2.24) is 0 Å². The molecule has 0 N–H and O–H groups in total. The Labute approximate surface area is 472 Å². The zero-order valence-electron chi connectivity index (χ0n) is 50.5. The molecule has 440 valence electrons. The summed E-state index contributed by atoms with van der Waals surface area (Å²) < 4.78 is 16.9. The minimum atomic E-state index is -0.780. The fourth-order valence-electron chi connectivity index (χ4n) is 9.46. The highest BCUT2D eigenvalue weighted by atomic mass is 16.6. The molecule has 76 heavy (non-hydrogen) atoms. The van der Waals surface area contributed by atoms with Crippen molar-refractivity contribution in [3.63, 3.8) is 0 Å². The number of unbranched alkanes of at least 4 members (excludes halogenated alkanes) is 37. The van der Waals surface area contributed by atoms with E-state index in [-0.39, 0.29) is 31.1 Å². The molecule has 0 rings (SSSR count). The Balaban J connectivity index is 4.26. The first kappa shape index (κ1) is 72.8. The van der Waals surface area contributed by atoms with E-state index >= 15 is 0 Å². The van der Waals surface area contributed by atoms with Gasteiger partial charge in [0.05, 0.1) is 0 Å². The minimum Gasteiger partial charge on any atom is -0.462 e. The minimum absolute atomic E-state index is 0.0770. The van der Waals surface area contributed by atoms with Crippen LogP contribution in [0.3, 0.4) is 0 Å². The number of hydrogen-bond donors (Lipinski definition) is 0. The molecule has 0 aromatic heterocycles. The summed E-state index contributed by atoms with van der Waals surface area (Å²) in [5.74, 6) is -0.875. The summed E-state index contributed by atoms with van der Waals surface area (Å²) in [6, 6.07) is 0. The molecule has 0 saturated heterocycles. The number of allylic oxidation sites excluding steroid dienone is 12. The lowest BCUT2D eigenvalue weighted by Gasteiger charge is -2.18. The van der Waals surface area contributed by atoms with Crippen molar-refractivity contribution in [2.75, 3.05) is 13.2 Å². The molecule has 1 atom stereocenters. The Hall–Kier alpha value is -3.15. The molecule has 0 bridgehead atoms. The number of esters is 3. The maximum atomic E-state index is 12.9. The number of carbonyl (C=O) groups is 3. The van der Waals surface area contributed by atoms with Crippen LogP contribution in [0.4, 0.5) is 0 Å². The molecule has 0 amide bonds. The Morgan fingerprint density at radius 3 is 0.737 bits per heavy atom. The van der Waals surface area contributed by atoms with Gasteiger partial charge in [0.15, 0.2) is 6.10 Å². The Bertz CT molecular complexity index is 1400. The summed E-state index contributed by atoms with van der Waals surface area (Å²) in [5, 5.41) is 0. The molecular weight excluding hydrogens is 937 g/mol. The van der Waals surface area contributed by atoms with E-state index < -0.39 is 6.10 Å². The lowest BCUT2D eigenvalue weighted by Crippen LogP contribution is -2.30. The zero-order chi connectivity index (χ0) is 55.0. The second-order valence-corrected chi connectivity index (χ2v) is 22.0. The van der Waals surface area contributed by atoms with E-state index in [1.54, 1.807) is 0 Å². The maximum absolute atomic E-state index is 12.9. The van der Waals surface area contributed by atoms with Gasteiger partial charge >= 0.3 is 17.9 Å². The zero-order valence-corrected chi connectivity index (χ0v) is 50.5. The van der Waals surface area contributed by atoms with Crippen LogP contribution in [0.2, 0.25) is 0 Å². The smallest absolute Gasteiger partial charge is 0.306 e. The van der Waals surface area contributed by atoms with Gasteiger partial charge in [-0.05, 0) is 96.3 Å². The Morgan fingerprint density at radius 2 is 0.474 bits per heavy atom. The van der Waals surface area contributed by atoms with Crippen molar-refractivity contribution in [1.29, 1.82) is 0 Å². The van der Waals surface area contributed by atoms with Crippen LogP contribution in [0.15, 0.2) is 72.9 Å². The summed E-state index contributed by atoms with van der Waals surface area (Å²) in [4.78, 5) is 38.3. The van der Waals surface area contributed by atoms with Crippen LogP contribution in [-0.4, -0.2) is 37.2 Å². The average molecular weight is 1060 g/mol. The van der Waals surface area contributed by atoms with E-state index in [1.807, 2.05) is 0 Å². The van der Waals surface area contributed by atoms with Crippen molar-refractivity contribution in [2.45, 2.75) is 341 Å². The van der Waals surface area contributed by atoms with Gasteiger partial charge in [0, 0.05) is 19.3 Å². The molecule has 0 aliphatic heterocycles. The Kier molecular flexibility index (Phi) is 61.7. The monoisotopic (exact) mass is 1060 g/mol. The van der Waals surface area contributed by atoms with Crippen LogP contribution in [0, 0.1) is 0 Å². The third kappa shape index (κ3) is 61.7. The first-order chi connectivity index (χ1) is 37.5. The highest BCUT2D eigenvalue weighted by molar-refractivity contribution is 5.71. The fraction of sp³-hybridized carbons (Fsp3) is 0.786. The van der Waals surface area contributed by atoms with Crippen LogP contribution in [-0.2, 0) is 28.6 Å². The lowest BCUT2D eigenvalue weighted by molar-refractivity contribution is -0.167. The van der Waals surface area contributed by atoms with E-state index in [9.17, 15) is 14.4 Å². The molecule has 0 saturated carbocycles. The molecule has 0 spiro atoms. The molecular formula is C70H124O6. The molecule has 1 unspecified atom stereocenters. The van der Waals surface area contributed by atoms with E-state index in [0.717, 1.165) is 89.9 Å². The van der Waals surface area contributed by atoms with Crippen molar-refractivity contribution >= 4 is 17.9 Å². The second-order valence-electron chi connectivity index (χ2n) is 22.0. The molecule has 0 radical (unpaired) electrons. The normalized spacial score (nSPS) is 12.5. The van der Waals surface area contributed by atoms with Crippen molar-refractivity contribution in [2.24, 2.45) is 0 Å². The van der Waals surface area contributed by atoms with Crippen molar-refractivity contribution in [3.8, 4) is 0 Å². The largest absolute Gasteiger partial charge is 0.462 e. The van der Waals surface area contributed by atoms with Gasteiger partial charge in [0.2, 0.25) is 0 Å². The van der Waals surface area contributed by atoms with Crippen LogP contribution in [0.25, 0.3) is 0 Å². The molecule has 6 nitrogen and oxygen atoms in total. The summed E-state index contributed by atoms with van der Waals surface area (Å²) in [5.41, 5.74) is 0. The highest BCUT2D eigenvalue weighted by Gasteiger charge is 2.19. The summed E-state index contributed by atoms with van der Waals surface area (Å²) in [7, 11) is 0. The van der Waals surface area contributed by atoms with Crippen LogP contribution < -0.4 is 0 Å². The Morgan fingerprint density at radius 1 is 0.263 bits per heavy atom. The fourth-order valence-corrected chi connectivity index (χ4v) is 9.46. The van der Waals surface area contributed by atoms with Gasteiger partial charge in [0.25, 0.3) is 0 Å². The topological polar surface area (TPSA) is 78.9 Å². The number of rotatable bonds is 60. The number of carbonyl (C=O) groups excluding carboxylic acids is 3. The van der Waals surface area contributed by atoms with E-state index in [1.165, 1.54) is 205 Å². The number of hydrogen-bond acceptors (Lipinski definition) is 6. The van der Waals surface area contributed by atoms with Gasteiger partial charge in [-0.1, -0.05) is 293 Å². The van der Waals surface area contributed by atoms with Crippen LogP contribution in [0.5, 0.6) is 0 Å². The van der Waals surface area contributed by atoms with Gasteiger partial charge in [-0.25, -0.2) is 0 Å². The SMILES string of the molecule is CCCCCCC/C=C\C/C=C\C/C=C\CCCCCCCCCCCCC(=O)OCC(COC(=O)CCCCCCCCCCCC)OC(=O)CCCCCCCCCC/C=C\C/C=C\C/C=C\CCCCCCC. The molecule has 6 heteroatoms. The predicted molar refractivity (Wildman–Crippen MR) is 330 cm³/mol. The third-order valence-corrected chi connectivity index (χ3v) is 14.4. The van der Waals surface area contributed by atoms with Gasteiger partial charge in [0.1, 0.15) is 13.2 Å². The molecule has 0 fully saturated rings. The maximum Gasteiger partial charge on any atom is 0.306 e. The van der Waals surface area contributed by atoms with E-state index in [2.05, 4.69) is 93.7 Å². The highest BCUT2D eigenvalue weighted by Crippen LogP contribution is 2.16. The first-order valence-electron chi connectivity index (χ1n) is 32.9.